The number of hydrogen-bond donors (Lipinski definition) is 0. The average Bonchev–Trinajstić information content (AvgIpc) is 2.45. The molecule has 0 aromatic rings. The molecule has 132 valence electrons. The van der Waals surface area contributed by atoms with Gasteiger partial charge in [0.05, 0.1) is 26.4 Å². The Labute approximate surface area is 137 Å². The van der Waals surface area contributed by atoms with Crippen molar-refractivity contribution in [1.82, 2.24) is 0 Å². The molecule has 0 unspecified atom stereocenters. The van der Waals surface area contributed by atoms with E-state index in [0.717, 1.165) is 0 Å². The van der Waals surface area contributed by atoms with Crippen LogP contribution in [0.25, 0.3) is 0 Å². The summed E-state index contributed by atoms with van der Waals surface area (Å²) in [6.07, 6.45) is 0.798. The van der Waals surface area contributed by atoms with Crippen molar-refractivity contribution in [3.63, 3.8) is 0 Å². The van der Waals surface area contributed by atoms with E-state index in [1.807, 2.05) is 0 Å². The lowest BCUT2D eigenvalue weighted by Gasteiger charge is -2.14. The standard InChI is InChI=1S/C15H25O7P/c1-12(2)14(16)19-8-6-10-21-23(5,18)22-11-7-9-20-15(17)13(3)4/h1,3,6-11H2,2,4-5H3. The maximum absolute atomic E-state index is 11.9. The molecule has 0 aromatic heterocycles. The Bertz CT molecular complexity index is 444. The molecule has 0 rings (SSSR count). The van der Waals surface area contributed by atoms with Gasteiger partial charge in [-0.15, -0.1) is 0 Å². The first-order chi connectivity index (χ1) is 10.7. The fraction of sp³-hybridized carbons (Fsp3) is 0.600. The molecule has 0 amide bonds. The van der Waals surface area contributed by atoms with Gasteiger partial charge in [0, 0.05) is 30.7 Å². The van der Waals surface area contributed by atoms with E-state index in [0.29, 0.717) is 24.0 Å². The molecule has 0 aliphatic rings. The predicted octanol–water partition coefficient (Wildman–Crippen LogP) is 2.86. The first kappa shape index (κ1) is 21.6. The Morgan fingerprint density at radius 2 is 1.17 bits per heavy atom. The lowest BCUT2D eigenvalue weighted by molar-refractivity contribution is -0.140. The largest absolute Gasteiger partial charge is 0.462 e. The third-order valence-corrected chi connectivity index (χ3v) is 3.70. The van der Waals surface area contributed by atoms with E-state index in [-0.39, 0.29) is 26.4 Å². The maximum Gasteiger partial charge on any atom is 0.333 e. The molecule has 7 nitrogen and oxygen atoms in total. The van der Waals surface area contributed by atoms with Gasteiger partial charge in [0.1, 0.15) is 0 Å². The highest BCUT2D eigenvalue weighted by atomic mass is 31.2. The van der Waals surface area contributed by atoms with Crippen molar-refractivity contribution < 1.29 is 32.7 Å². The zero-order chi connectivity index (χ0) is 17.9. The molecule has 0 saturated heterocycles. The summed E-state index contributed by atoms with van der Waals surface area (Å²) in [7, 11) is -3.17. The Balaban J connectivity index is 3.71. The normalized spacial score (nSPS) is 10.9. The molecule has 0 spiro atoms. The van der Waals surface area contributed by atoms with Gasteiger partial charge in [0.15, 0.2) is 0 Å². The minimum atomic E-state index is -3.17. The first-order valence-electron chi connectivity index (χ1n) is 7.17. The number of rotatable bonds is 12. The molecule has 0 aliphatic carbocycles. The van der Waals surface area contributed by atoms with Gasteiger partial charge < -0.3 is 18.5 Å². The van der Waals surface area contributed by atoms with Gasteiger partial charge in [-0.25, -0.2) is 9.59 Å². The molecule has 8 heteroatoms. The van der Waals surface area contributed by atoms with Crippen molar-refractivity contribution in [2.45, 2.75) is 26.7 Å². The molecule has 0 heterocycles. The first-order valence-corrected chi connectivity index (χ1v) is 9.16. The van der Waals surface area contributed by atoms with Crippen LogP contribution in [-0.2, 0) is 32.7 Å². The Morgan fingerprint density at radius 3 is 1.48 bits per heavy atom. The van der Waals surface area contributed by atoms with Gasteiger partial charge in [0.25, 0.3) is 0 Å². The van der Waals surface area contributed by atoms with Gasteiger partial charge in [-0.1, -0.05) is 13.2 Å². The number of hydrogen-bond acceptors (Lipinski definition) is 7. The van der Waals surface area contributed by atoms with E-state index in [2.05, 4.69) is 13.2 Å². The topological polar surface area (TPSA) is 88.1 Å². The van der Waals surface area contributed by atoms with Gasteiger partial charge in [-0.3, -0.25) is 4.57 Å². The monoisotopic (exact) mass is 348 g/mol. The van der Waals surface area contributed by atoms with Crippen LogP contribution in [0.2, 0.25) is 0 Å². The van der Waals surface area contributed by atoms with Crippen LogP contribution >= 0.6 is 7.60 Å². The third-order valence-electron chi connectivity index (χ3n) is 2.39. The lowest BCUT2D eigenvalue weighted by atomic mass is 10.4. The average molecular weight is 348 g/mol. The van der Waals surface area contributed by atoms with Crippen molar-refractivity contribution in [2.24, 2.45) is 0 Å². The second-order valence-corrected chi connectivity index (χ2v) is 7.04. The highest BCUT2D eigenvalue weighted by Gasteiger charge is 2.16. The van der Waals surface area contributed by atoms with Crippen molar-refractivity contribution in [2.75, 3.05) is 33.1 Å². The van der Waals surface area contributed by atoms with Crippen LogP contribution in [0.4, 0.5) is 0 Å². The van der Waals surface area contributed by atoms with Crippen molar-refractivity contribution >= 4 is 19.5 Å². The summed E-state index contributed by atoms with van der Waals surface area (Å²) in [6, 6.07) is 0. The summed E-state index contributed by atoms with van der Waals surface area (Å²) >= 11 is 0. The summed E-state index contributed by atoms with van der Waals surface area (Å²) in [6.45, 7) is 12.0. The number of esters is 2. The number of carbonyl (C=O) groups excluding carboxylic acids is 2. The molecule has 0 aliphatic heterocycles. The summed E-state index contributed by atoms with van der Waals surface area (Å²) < 4.78 is 31.9. The van der Waals surface area contributed by atoms with Crippen LogP contribution in [0.5, 0.6) is 0 Å². The quantitative estimate of drug-likeness (QED) is 0.232. The zero-order valence-electron chi connectivity index (χ0n) is 14.0. The summed E-state index contributed by atoms with van der Waals surface area (Å²) in [5.74, 6) is -0.935. The van der Waals surface area contributed by atoms with E-state index in [1.165, 1.54) is 6.66 Å². The van der Waals surface area contributed by atoms with Crippen LogP contribution in [0.15, 0.2) is 24.3 Å². The highest BCUT2D eigenvalue weighted by molar-refractivity contribution is 7.52. The molecular formula is C15H25O7P. The van der Waals surface area contributed by atoms with E-state index in [9.17, 15) is 14.2 Å². The van der Waals surface area contributed by atoms with E-state index < -0.39 is 19.5 Å². The third kappa shape index (κ3) is 11.8. The van der Waals surface area contributed by atoms with Gasteiger partial charge in [-0.05, 0) is 13.8 Å². The van der Waals surface area contributed by atoms with Crippen LogP contribution in [0.3, 0.4) is 0 Å². The summed E-state index contributed by atoms with van der Waals surface area (Å²) in [5.41, 5.74) is 0.644. The van der Waals surface area contributed by atoms with Crippen molar-refractivity contribution in [3.8, 4) is 0 Å². The second-order valence-electron chi connectivity index (χ2n) is 4.98. The molecule has 0 atom stereocenters. The second kappa shape index (κ2) is 11.2. The van der Waals surface area contributed by atoms with Crippen LogP contribution in [0, 0.1) is 0 Å². The van der Waals surface area contributed by atoms with Crippen LogP contribution in [-0.4, -0.2) is 45.0 Å². The Hall–Kier alpha value is -1.43. The fourth-order valence-electron chi connectivity index (χ4n) is 1.19. The van der Waals surface area contributed by atoms with E-state index >= 15 is 0 Å². The molecule has 0 radical (unpaired) electrons. The van der Waals surface area contributed by atoms with Gasteiger partial charge in [0.2, 0.25) is 0 Å². The van der Waals surface area contributed by atoms with Crippen LogP contribution in [0.1, 0.15) is 26.7 Å². The molecule has 0 N–H and O–H groups in total. The zero-order valence-corrected chi connectivity index (χ0v) is 14.9. The number of ether oxygens (including phenoxy) is 2. The number of carbonyl (C=O) groups is 2. The van der Waals surface area contributed by atoms with Crippen molar-refractivity contribution in [3.05, 3.63) is 24.3 Å². The van der Waals surface area contributed by atoms with Crippen LogP contribution < -0.4 is 0 Å². The van der Waals surface area contributed by atoms with E-state index in [1.54, 1.807) is 13.8 Å². The fourth-order valence-corrected chi connectivity index (χ4v) is 2.19. The lowest BCUT2D eigenvalue weighted by Crippen LogP contribution is -2.09. The minimum Gasteiger partial charge on any atom is -0.462 e. The smallest absolute Gasteiger partial charge is 0.333 e. The molecule has 23 heavy (non-hydrogen) atoms. The van der Waals surface area contributed by atoms with Gasteiger partial charge in [-0.2, -0.15) is 0 Å². The summed E-state index contributed by atoms with van der Waals surface area (Å²) in [4.78, 5) is 22.2. The molecule has 0 fully saturated rings. The Kier molecular flexibility index (Phi) is 10.5. The molecule has 0 aromatic carbocycles. The minimum absolute atomic E-state index is 0.141. The molecular weight excluding hydrogens is 323 g/mol. The molecule has 0 saturated carbocycles. The van der Waals surface area contributed by atoms with Crippen molar-refractivity contribution in [1.29, 1.82) is 0 Å². The van der Waals surface area contributed by atoms with Gasteiger partial charge >= 0.3 is 19.5 Å². The highest BCUT2D eigenvalue weighted by Crippen LogP contribution is 2.43. The molecule has 0 bridgehead atoms. The predicted molar refractivity (Wildman–Crippen MR) is 86.2 cm³/mol. The maximum atomic E-state index is 11.9. The van der Waals surface area contributed by atoms with E-state index in [4.69, 9.17) is 18.5 Å². The Morgan fingerprint density at radius 1 is 0.826 bits per heavy atom. The summed E-state index contributed by atoms with van der Waals surface area (Å²) in [5, 5.41) is 0. The SMILES string of the molecule is C=C(C)C(=O)OCCCOP(C)(=O)OCCCOC(=O)C(=C)C.